The highest BCUT2D eigenvalue weighted by Crippen LogP contribution is 2.36. The van der Waals surface area contributed by atoms with Gasteiger partial charge in [-0.05, 0) is 24.3 Å². The fraction of sp³-hybridized carbons (Fsp3) is 0.300. The molecule has 0 aromatic heterocycles. The van der Waals surface area contributed by atoms with Crippen molar-refractivity contribution in [3.63, 3.8) is 0 Å². The van der Waals surface area contributed by atoms with Crippen LogP contribution in [0.1, 0.15) is 46.6 Å². The van der Waals surface area contributed by atoms with Gasteiger partial charge in [-0.25, -0.2) is 0 Å². The van der Waals surface area contributed by atoms with E-state index in [0.29, 0.717) is 36.5 Å². The van der Waals surface area contributed by atoms with Crippen LogP contribution in [0.2, 0.25) is 0 Å². The maximum Gasteiger partial charge on any atom is 0.126 e. The Hall–Kier alpha value is -2.73. The molecular formula is C20H17ClN2O3. The highest BCUT2D eigenvalue weighted by Gasteiger charge is 2.19. The highest BCUT2D eigenvalue weighted by atomic mass is 35.5. The Morgan fingerprint density at radius 3 is 2.04 bits per heavy atom. The van der Waals surface area contributed by atoms with Crippen molar-refractivity contribution in [3.8, 4) is 23.6 Å². The predicted octanol–water partition coefficient (Wildman–Crippen LogP) is 3.99. The van der Waals surface area contributed by atoms with E-state index in [9.17, 15) is 5.11 Å². The number of benzene rings is 2. The normalized spacial score (nSPS) is 19.8. The molecule has 5 nitrogen and oxygen atoms in total. The lowest BCUT2D eigenvalue weighted by Gasteiger charge is -2.21. The zero-order chi connectivity index (χ0) is 18.5. The lowest BCUT2D eigenvalue weighted by atomic mass is 10.0. The van der Waals surface area contributed by atoms with Crippen LogP contribution < -0.4 is 9.47 Å². The molecule has 0 spiro atoms. The first-order valence-corrected chi connectivity index (χ1v) is 8.72. The number of hydrogen-bond donors (Lipinski definition) is 1. The number of aliphatic hydroxyl groups excluding tert-OH is 1. The maximum absolute atomic E-state index is 9.56. The van der Waals surface area contributed by atoms with Crippen LogP contribution in [0.5, 0.6) is 11.5 Å². The lowest BCUT2D eigenvalue weighted by molar-refractivity contribution is 0.115. The SMILES string of the molecule is N#Cc1ccc2c(c1)OCCC2Cl.N#Cc1ccc2c(c1)OCCC2O. The van der Waals surface area contributed by atoms with E-state index in [1.54, 1.807) is 30.3 Å². The second-order valence-electron chi connectivity index (χ2n) is 5.99. The van der Waals surface area contributed by atoms with Gasteiger partial charge in [-0.2, -0.15) is 10.5 Å². The smallest absolute Gasteiger partial charge is 0.126 e. The van der Waals surface area contributed by atoms with Crippen LogP contribution in [0, 0.1) is 22.7 Å². The van der Waals surface area contributed by atoms with Gasteiger partial charge in [0, 0.05) is 24.0 Å². The number of alkyl halides is 1. The van der Waals surface area contributed by atoms with Crippen molar-refractivity contribution >= 4 is 11.6 Å². The summed E-state index contributed by atoms with van der Waals surface area (Å²) in [6, 6.07) is 14.6. The summed E-state index contributed by atoms with van der Waals surface area (Å²) in [5.41, 5.74) is 2.95. The first-order valence-electron chi connectivity index (χ1n) is 8.28. The second-order valence-corrected chi connectivity index (χ2v) is 6.51. The third kappa shape index (κ3) is 3.91. The minimum absolute atomic E-state index is 0.0245. The molecule has 2 aromatic carbocycles. The van der Waals surface area contributed by atoms with Crippen molar-refractivity contribution in [3.05, 3.63) is 58.7 Å². The van der Waals surface area contributed by atoms with Gasteiger partial charge in [0.25, 0.3) is 0 Å². The largest absolute Gasteiger partial charge is 0.493 e. The molecule has 0 saturated heterocycles. The molecule has 0 fully saturated rings. The summed E-state index contributed by atoms with van der Waals surface area (Å²) in [4.78, 5) is 0. The van der Waals surface area contributed by atoms with E-state index in [1.165, 1.54) is 0 Å². The van der Waals surface area contributed by atoms with Crippen LogP contribution in [0.25, 0.3) is 0 Å². The zero-order valence-corrected chi connectivity index (χ0v) is 14.7. The van der Waals surface area contributed by atoms with E-state index in [-0.39, 0.29) is 5.38 Å². The number of nitriles is 2. The topological polar surface area (TPSA) is 86.3 Å². The van der Waals surface area contributed by atoms with Gasteiger partial charge in [-0.1, -0.05) is 12.1 Å². The summed E-state index contributed by atoms with van der Waals surface area (Å²) in [5, 5.41) is 26.9. The van der Waals surface area contributed by atoms with Crippen molar-refractivity contribution in [1.29, 1.82) is 10.5 Å². The Morgan fingerprint density at radius 2 is 1.42 bits per heavy atom. The second kappa shape index (κ2) is 8.10. The van der Waals surface area contributed by atoms with Crippen LogP contribution >= 0.6 is 11.6 Å². The molecule has 0 radical (unpaired) electrons. The van der Waals surface area contributed by atoms with E-state index in [1.807, 2.05) is 12.1 Å². The number of rotatable bonds is 0. The average molecular weight is 369 g/mol. The Kier molecular flexibility index (Phi) is 5.63. The maximum atomic E-state index is 9.56. The minimum Gasteiger partial charge on any atom is -0.493 e. The summed E-state index contributed by atoms with van der Waals surface area (Å²) in [7, 11) is 0. The molecule has 0 amide bonds. The van der Waals surface area contributed by atoms with Gasteiger partial charge in [0.05, 0.1) is 48.0 Å². The van der Waals surface area contributed by atoms with Gasteiger partial charge in [-0.15, -0.1) is 11.6 Å². The summed E-state index contributed by atoms with van der Waals surface area (Å²) in [6.07, 6.45) is 1.01. The number of aliphatic hydroxyl groups is 1. The van der Waals surface area contributed by atoms with E-state index < -0.39 is 6.10 Å². The van der Waals surface area contributed by atoms with Gasteiger partial charge < -0.3 is 14.6 Å². The number of nitrogens with zero attached hydrogens (tertiary/aromatic N) is 2. The molecule has 6 heteroatoms. The Bertz CT molecular complexity index is 812. The van der Waals surface area contributed by atoms with Crippen LogP contribution in [0.4, 0.5) is 0 Å². The molecule has 2 aliphatic rings. The average Bonchev–Trinajstić information content (AvgIpc) is 2.68. The van der Waals surface area contributed by atoms with Crippen molar-refractivity contribution < 1.29 is 14.6 Å². The Balaban J connectivity index is 0.000000151. The predicted molar refractivity (Wildman–Crippen MR) is 96.1 cm³/mol. The molecule has 2 heterocycles. The summed E-state index contributed by atoms with van der Waals surface area (Å²) < 4.78 is 10.7. The molecule has 2 atom stereocenters. The fourth-order valence-corrected chi connectivity index (χ4v) is 3.13. The minimum atomic E-state index is -0.448. The molecule has 2 aromatic rings. The molecule has 132 valence electrons. The standard InChI is InChI=1S/C10H8ClNO.C10H9NO2/c11-9-3-4-13-10-5-7(6-12)1-2-8(9)10;11-6-7-1-2-8-9(12)3-4-13-10(8)5-7/h1-2,5,9H,3-4H2;1-2,5,9,12H,3-4H2. The van der Waals surface area contributed by atoms with Crippen LogP contribution in [0.15, 0.2) is 36.4 Å². The first kappa shape index (κ1) is 18.1. The van der Waals surface area contributed by atoms with E-state index in [4.69, 9.17) is 31.6 Å². The van der Waals surface area contributed by atoms with Crippen LogP contribution in [-0.2, 0) is 0 Å². The lowest BCUT2D eigenvalue weighted by Crippen LogP contribution is -2.13. The number of fused-ring (bicyclic) bond motifs is 2. The number of hydrogen-bond acceptors (Lipinski definition) is 5. The van der Waals surface area contributed by atoms with E-state index in [0.717, 1.165) is 23.3 Å². The molecule has 2 unspecified atom stereocenters. The monoisotopic (exact) mass is 368 g/mol. The van der Waals surface area contributed by atoms with Crippen LogP contribution in [-0.4, -0.2) is 18.3 Å². The van der Waals surface area contributed by atoms with Crippen molar-refractivity contribution in [2.24, 2.45) is 0 Å². The zero-order valence-electron chi connectivity index (χ0n) is 14.0. The third-order valence-electron chi connectivity index (χ3n) is 4.26. The van der Waals surface area contributed by atoms with Crippen molar-refractivity contribution in [2.75, 3.05) is 13.2 Å². The summed E-state index contributed by atoms with van der Waals surface area (Å²) in [6.45, 7) is 1.15. The Morgan fingerprint density at radius 1 is 0.885 bits per heavy atom. The summed E-state index contributed by atoms with van der Waals surface area (Å²) in [5.74, 6) is 1.39. The quantitative estimate of drug-likeness (QED) is 0.710. The Labute approximate surface area is 157 Å². The highest BCUT2D eigenvalue weighted by molar-refractivity contribution is 6.21. The summed E-state index contributed by atoms with van der Waals surface area (Å²) >= 11 is 6.08. The number of ether oxygens (including phenoxy) is 2. The van der Waals surface area contributed by atoms with Gasteiger partial charge >= 0.3 is 0 Å². The first-order chi connectivity index (χ1) is 12.6. The molecule has 0 saturated carbocycles. The molecule has 4 rings (SSSR count). The molecule has 1 N–H and O–H groups in total. The fourth-order valence-electron chi connectivity index (χ4n) is 2.86. The molecule has 2 aliphatic heterocycles. The molecule has 0 bridgehead atoms. The van der Waals surface area contributed by atoms with Gasteiger partial charge in [0.2, 0.25) is 0 Å². The van der Waals surface area contributed by atoms with Gasteiger partial charge in [-0.3, -0.25) is 0 Å². The van der Waals surface area contributed by atoms with Crippen molar-refractivity contribution in [2.45, 2.75) is 24.3 Å². The molecule has 26 heavy (non-hydrogen) atoms. The van der Waals surface area contributed by atoms with E-state index in [2.05, 4.69) is 6.07 Å². The molecular weight excluding hydrogens is 352 g/mol. The van der Waals surface area contributed by atoms with Crippen LogP contribution in [0.3, 0.4) is 0 Å². The van der Waals surface area contributed by atoms with Gasteiger partial charge in [0.15, 0.2) is 0 Å². The third-order valence-corrected chi connectivity index (χ3v) is 4.71. The van der Waals surface area contributed by atoms with Gasteiger partial charge in [0.1, 0.15) is 11.5 Å². The molecule has 0 aliphatic carbocycles. The van der Waals surface area contributed by atoms with E-state index >= 15 is 0 Å². The van der Waals surface area contributed by atoms with Crippen molar-refractivity contribution in [1.82, 2.24) is 0 Å². The number of halogens is 1.